The Morgan fingerprint density at radius 3 is 2.67 bits per heavy atom. The molecule has 2 rings (SSSR count). The van der Waals surface area contributed by atoms with E-state index in [0.29, 0.717) is 18.8 Å². The van der Waals surface area contributed by atoms with Crippen LogP contribution in [0, 0.1) is 22.5 Å². The van der Waals surface area contributed by atoms with Crippen LogP contribution in [0.1, 0.15) is 58.7 Å². The second kappa shape index (κ2) is 7.32. The third-order valence-electron chi connectivity index (χ3n) is 4.79. The van der Waals surface area contributed by atoms with E-state index in [9.17, 15) is 14.9 Å². The molecule has 0 saturated carbocycles. The van der Waals surface area contributed by atoms with Crippen LogP contribution in [0.2, 0.25) is 0 Å². The summed E-state index contributed by atoms with van der Waals surface area (Å²) in [5.74, 6) is 0.535. The van der Waals surface area contributed by atoms with E-state index in [1.807, 2.05) is 4.90 Å². The third-order valence-corrected chi connectivity index (χ3v) is 4.79. The van der Waals surface area contributed by atoms with Crippen LogP contribution in [0.5, 0.6) is 0 Å². The molecule has 7 heteroatoms. The summed E-state index contributed by atoms with van der Waals surface area (Å²) in [6, 6.07) is 0.255. The molecule has 24 heavy (non-hydrogen) atoms. The van der Waals surface area contributed by atoms with Gasteiger partial charge in [-0.3, -0.25) is 4.79 Å². The van der Waals surface area contributed by atoms with Gasteiger partial charge in [0.25, 0.3) is 0 Å². The van der Waals surface area contributed by atoms with Gasteiger partial charge in [0.05, 0.1) is 0 Å². The van der Waals surface area contributed by atoms with Gasteiger partial charge in [-0.2, -0.15) is 0 Å². The summed E-state index contributed by atoms with van der Waals surface area (Å²) in [4.78, 5) is 29.0. The molecule has 0 aliphatic carbocycles. The van der Waals surface area contributed by atoms with Crippen LogP contribution >= 0.6 is 0 Å². The van der Waals surface area contributed by atoms with Gasteiger partial charge in [-0.1, -0.05) is 33.6 Å². The predicted octanol–water partition coefficient (Wildman–Crippen LogP) is 3.31. The van der Waals surface area contributed by atoms with Crippen molar-refractivity contribution in [2.45, 2.75) is 72.4 Å². The van der Waals surface area contributed by atoms with Crippen molar-refractivity contribution in [3.8, 4) is 0 Å². The van der Waals surface area contributed by atoms with Crippen molar-refractivity contribution in [3.63, 3.8) is 0 Å². The largest absolute Gasteiger partial charge is 0.381 e. The Labute approximate surface area is 143 Å². The first-order valence-corrected chi connectivity index (χ1v) is 8.68. The zero-order valence-electron chi connectivity index (χ0n) is 15.1. The average Bonchev–Trinajstić information content (AvgIpc) is 2.71. The minimum Gasteiger partial charge on any atom is -0.358 e. The molecule has 1 atom stereocenters. The maximum absolute atomic E-state index is 12.8. The number of carbonyl (C=O) groups excluding carboxylic acids is 1. The highest BCUT2D eigenvalue weighted by molar-refractivity contribution is 5.76. The number of aryl methyl sites for hydroxylation is 2. The fourth-order valence-corrected chi connectivity index (χ4v) is 3.47. The molecule has 1 fully saturated rings. The van der Waals surface area contributed by atoms with Crippen molar-refractivity contribution in [2.24, 2.45) is 5.41 Å². The minimum atomic E-state index is -0.504. The van der Waals surface area contributed by atoms with E-state index in [1.54, 1.807) is 11.5 Å². The third kappa shape index (κ3) is 4.33. The van der Waals surface area contributed by atoms with Crippen LogP contribution in [0.3, 0.4) is 0 Å². The predicted molar refractivity (Wildman–Crippen MR) is 91.7 cm³/mol. The Bertz CT molecular complexity index is 603. The molecule has 0 N–H and O–H groups in total. The van der Waals surface area contributed by atoms with Gasteiger partial charge in [0, 0.05) is 32.5 Å². The molecule has 1 aromatic heterocycles. The summed E-state index contributed by atoms with van der Waals surface area (Å²) in [6.07, 6.45) is 6.19. The van der Waals surface area contributed by atoms with E-state index in [4.69, 9.17) is 0 Å². The molecule has 1 unspecified atom stereocenters. The number of amides is 1. The van der Waals surface area contributed by atoms with Crippen LogP contribution < -0.4 is 0 Å². The normalized spacial score (nSPS) is 19.2. The zero-order chi connectivity index (χ0) is 17.9. The molecule has 0 radical (unpaired) electrons. The van der Waals surface area contributed by atoms with Gasteiger partial charge in [0.15, 0.2) is 0 Å². The Morgan fingerprint density at radius 1 is 1.38 bits per heavy atom. The SMILES string of the molecule is Cc1nc([N+](=O)[O-])cn1CCC(=O)N1CCCCCC1C(C)(C)C. The Balaban J connectivity index is 2.05. The number of rotatable bonds is 4. The van der Waals surface area contributed by atoms with Gasteiger partial charge < -0.3 is 19.6 Å². The van der Waals surface area contributed by atoms with Crippen LogP contribution in [0.4, 0.5) is 5.82 Å². The summed E-state index contributed by atoms with van der Waals surface area (Å²) in [5, 5.41) is 10.8. The quantitative estimate of drug-likeness (QED) is 0.624. The fraction of sp³-hybridized carbons (Fsp3) is 0.765. The van der Waals surface area contributed by atoms with E-state index in [0.717, 1.165) is 19.4 Å². The number of nitrogens with zero attached hydrogens (tertiary/aromatic N) is 4. The second-order valence-corrected chi connectivity index (χ2v) is 7.67. The molecule has 1 aromatic rings. The van der Waals surface area contributed by atoms with Crippen LogP contribution in [0.15, 0.2) is 6.20 Å². The summed E-state index contributed by atoms with van der Waals surface area (Å²) >= 11 is 0. The number of imidazole rings is 1. The molecule has 1 saturated heterocycles. The highest BCUT2D eigenvalue weighted by atomic mass is 16.6. The molecule has 1 aliphatic heterocycles. The van der Waals surface area contributed by atoms with Crippen molar-refractivity contribution in [1.29, 1.82) is 0 Å². The lowest BCUT2D eigenvalue weighted by atomic mass is 9.83. The number of hydrogen-bond acceptors (Lipinski definition) is 4. The lowest BCUT2D eigenvalue weighted by molar-refractivity contribution is -0.389. The maximum Gasteiger partial charge on any atom is 0.381 e. The van der Waals surface area contributed by atoms with Crippen molar-refractivity contribution in [2.75, 3.05) is 6.54 Å². The minimum absolute atomic E-state index is 0.0592. The zero-order valence-corrected chi connectivity index (χ0v) is 15.1. The molecule has 0 aromatic carbocycles. The molecule has 134 valence electrons. The molecule has 2 heterocycles. The van der Waals surface area contributed by atoms with Gasteiger partial charge in [0.2, 0.25) is 11.7 Å². The van der Waals surface area contributed by atoms with E-state index in [-0.39, 0.29) is 23.2 Å². The number of hydrogen-bond donors (Lipinski definition) is 0. The van der Waals surface area contributed by atoms with Crippen molar-refractivity contribution < 1.29 is 9.72 Å². The smallest absolute Gasteiger partial charge is 0.358 e. The van der Waals surface area contributed by atoms with Crippen LogP contribution in [-0.2, 0) is 11.3 Å². The van der Waals surface area contributed by atoms with Crippen molar-refractivity contribution >= 4 is 11.7 Å². The molecular formula is C17H28N4O3. The Morgan fingerprint density at radius 2 is 2.08 bits per heavy atom. The lowest BCUT2D eigenvalue weighted by Gasteiger charge is -2.39. The van der Waals surface area contributed by atoms with Gasteiger partial charge in [0.1, 0.15) is 6.20 Å². The summed E-state index contributed by atoms with van der Waals surface area (Å²) in [6.45, 7) is 9.52. The highest BCUT2D eigenvalue weighted by Gasteiger charge is 2.33. The number of aromatic nitrogens is 2. The highest BCUT2D eigenvalue weighted by Crippen LogP contribution is 2.31. The van der Waals surface area contributed by atoms with E-state index in [1.165, 1.54) is 19.0 Å². The van der Waals surface area contributed by atoms with E-state index < -0.39 is 4.92 Å². The monoisotopic (exact) mass is 336 g/mol. The first kappa shape index (κ1) is 18.4. The molecule has 0 bridgehead atoms. The van der Waals surface area contributed by atoms with Gasteiger partial charge >= 0.3 is 5.82 Å². The van der Waals surface area contributed by atoms with Crippen molar-refractivity contribution in [3.05, 3.63) is 22.1 Å². The maximum atomic E-state index is 12.8. The van der Waals surface area contributed by atoms with Gasteiger partial charge in [-0.15, -0.1) is 0 Å². The molecule has 0 spiro atoms. The Kier molecular flexibility index (Phi) is 5.62. The molecule has 7 nitrogen and oxygen atoms in total. The fourth-order valence-electron chi connectivity index (χ4n) is 3.47. The molecule has 1 amide bonds. The first-order chi connectivity index (χ1) is 11.2. The molecular weight excluding hydrogens is 308 g/mol. The first-order valence-electron chi connectivity index (χ1n) is 8.68. The molecule has 1 aliphatic rings. The number of nitro groups is 1. The second-order valence-electron chi connectivity index (χ2n) is 7.67. The number of carbonyl (C=O) groups is 1. The summed E-state index contributed by atoms with van der Waals surface area (Å²) < 4.78 is 1.69. The average molecular weight is 336 g/mol. The topological polar surface area (TPSA) is 81.3 Å². The lowest BCUT2D eigenvalue weighted by Crippen LogP contribution is -2.47. The number of likely N-dealkylation sites (tertiary alicyclic amines) is 1. The van der Waals surface area contributed by atoms with Crippen LogP contribution in [-0.4, -0.2) is 37.9 Å². The van der Waals surface area contributed by atoms with Crippen molar-refractivity contribution in [1.82, 2.24) is 14.5 Å². The van der Waals surface area contributed by atoms with Gasteiger partial charge in [-0.25, -0.2) is 0 Å². The van der Waals surface area contributed by atoms with E-state index >= 15 is 0 Å². The Hall–Kier alpha value is -1.92. The standard InChI is InChI=1S/C17H28N4O3/c1-13-18-15(21(23)24)12-19(13)11-9-16(22)20-10-7-5-6-8-14(20)17(2,3)4/h12,14H,5-11H2,1-4H3. The van der Waals surface area contributed by atoms with Crippen LogP contribution in [0.25, 0.3) is 0 Å². The van der Waals surface area contributed by atoms with Gasteiger partial charge in [-0.05, 0) is 28.2 Å². The summed E-state index contributed by atoms with van der Waals surface area (Å²) in [5.41, 5.74) is 0.0592. The summed E-state index contributed by atoms with van der Waals surface area (Å²) in [7, 11) is 0. The van der Waals surface area contributed by atoms with E-state index in [2.05, 4.69) is 25.8 Å².